The summed E-state index contributed by atoms with van der Waals surface area (Å²) in [6, 6.07) is 9.26. The fourth-order valence-corrected chi connectivity index (χ4v) is 2.16. The maximum Gasteiger partial charge on any atom is 0.191 e. The number of nitrogens with one attached hydrogen (secondary N) is 1. The molecule has 0 unspecified atom stereocenters. The molecule has 88 valence electrons. The number of hydrogen-bond donors (Lipinski definition) is 1. The van der Waals surface area contributed by atoms with E-state index in [0.29, 0.717) is 0 Å². The van der Waals surface area contributed by atoms with Gasteiger partial charge in [0.25, 0.3) is 0 Å². The molecule has 1 saturated heterocycles. The van der Waals surface area contributed by atoms with Gasteiger partial charge in [-0.15, -0.1) is 0 Å². The van der Waals surface area contributed by atoms with E-state index in [9.17, 15) is 4.79 Å². The van der Waals surface area contributed by atoms with E-state index in [4.69, 9.17) is 4.74 Å². The minimum Gasteiger partial charge on any atom is -0.378 e. The number of nitrogens with zero attached hydrogens (tertiary/aromatic N) is 1. The first kappa shape index (κ1) is 10.4. The number of morpholine rings is 1. The van der Waals surface area contributed by atoms with E-state index < -0.39 is 0 Å². The number of aromatic nitrogens is 1. The smallest absolute Gasteiger partial charge is 0.191 e. The van der Waals surface area contributed by atoms with Gasteiger partial charge >= 0.3 is 0 Å². The van der Waals surface area contributed by atoms with Gasteiger partial charge in [-0.3, -0.25) is 4.79 Å². The Kier molecular flexibility index (Phi) is 2.57. The monoisotopic (exact) mass is 230 g/mol. The number of H-pyrrole nitrogens is 1. The first-order chi connectivity index (χ1) is 8.34. The SMILES string of the molecule is O=c1cc(N2CCOCC2)[nH]c2ccccc12. The van der Waals surface area contributed by atoms with E-state index in [1.54, 1.807) is 6.07 Å². The van der Waals surface area contributed by atoms with Crippen LogP contribution < -0.4 is 10.3 Å². The van der Waals surface area contributed by atoms with E-state index in [1.165, 1.54) is 0 Å². The third-order valence-electron chi connectivity index (χ3n) is 3.07. The van der Waals surface area contributed by atoms with Crippen molar-refractivity contribution in [3.05, 3.63) is 40.6 Å². The summed E-state index contributed by atoms with van der Waals surface area (Å²) in [5.41, 5.74) is 0.960. The molecule has 17 heavy (non-hydrogen) atoms. The number of benzene rings is 1. The van der Waals surface area contributed by atoms with Gasteiger partial charge in [0.1, 0.15) is 5.82 Å². The lowest BCUT2D eigenvalue weighted by molar-refractivity contribution is 0.122. The van der Waals surface area contributed by atoms with Gasteiger partial charge < -0.3 is 14.6 Å². The van der Waals surface area contributed by atoms with Crippen LogP contribution in [0, 0.1) is 0 Å². The number of aromatic amines is 1. The molecule has 0 atom stereocenters. The molecule has 0 saturated carbocycles. The summed E-state index contributed by atoms with van der Waals surface area (Å²) in [6.07, 6.45) is 0. The first-order valence-corrected chi connectivity index (χ1v) is 5.79. The molecule has 1 fully saturated rings. The van der Waals surface area contributed by atoms with Gasteiger partial charge in [0.05, 0.1) is 18.7 Å². The highest BCUT2D eigenvalue weighted by atomic mass is 16.5. The van der Waals surface area contributed by atoms with Crippen LogP contribution in [0.3, 0.4) is 0 Å². The van der Waals surface area contributed by atoms with Crippen molar-refractivity contribution in [3.8, 4) is 0 Å². The third kappa shape index (κ3) is 1.91. The highest BCUT2D eigenvalue weighted by Gasteiger charge is 2.12. The minimum absolute atomic E-state index is 0.0702. The van der Waals surface area contributed by atoms with E-state index in [2.05, 4.69) is 9.88 Å². The molecule has 1 aromatic heterocycles. The largest absolute Gasteiger partial charge is 0.378 e. The second-order valence-electron chi connectivity index (χ2n) is 4.16. The maximum absolute atomic E-state index is 12.0. The molecule has 4 nitrogen and oxygen atoms in total. The average molecular weight is 230 g/mol. The number of fused-ring (bicyclic) bond motifs is 1. The van der Waals surface area contributed by atoms with Crippen LogP contribution in [0.5, 0.6) is 0 Å². The summed E-state index contributed by atoms with van der Waals surface area (Å²) in [7, 11) is 0. The minimum atomic E-state index is 0.0702. The fraction of sp³-hybridized carbons (Fsp3) is 0.308. The number of rotatable bonds is 1. The highest BCUT2D eigenvalue weighted by Crippen LogP contribution is 2.15. The van der Waals surface area contributed by atoms with Gasteiger partial charge in [0, 0.05) is 24.5 Å². The van der Waals surface area contributed by atoms with Gasteiger partial charge in [0.2, 0.25) is 0 Å². The fourth-order valence-electron chi connectivity index (χ4n) is 2.16. The number of anilines is 1. The molecule has 2 aromatic rings. The molecule has 0 bridgehead atoms. The van der Waals surface area contributed by atoms with Gasteiger partial charge in [-0.2, -0.15) is 0 Å². The number of hydrogen-bond acceptors (Lipinski definition) is 3. The zero-order valence-electron chi connectivity index (χ0n) is 9.48. The van der Waals surface area contributed by atoms with E-state index in [1.807, 2.05) is 24.3 Å². The Morgan fingerprint density at radius 3 is 2.76 bits per heavy atom. The van der Waals surface area contributed by atoms with Gasteiger partial charge in [0.15, 0.2) is 5.43 Å². The van der Waals surface area contributed by atoms with Crippen LogP contribution in [0.25, 0.3) is 10.9 Å². The molecule has 0 spiro atoms. The summed E-state index contributed by atoms with van der Waals surface area (Å²) in [5, 5.41) is 0.740. The van der Waals surface area contributed by atoms with Crippen LogP contribution in [0.2, 0.25) is 0 Å². The van der Waals surface area contributed by atoms with E-state index in [0.717, 1.165) is 43.0 Å². The topological polar surface area (TPSA) is 45.3 Å². The Labute approximate surface area is 98.8 Å². The summed E-state index contributed by atoms with van der Waals surface area (Å²) in [5.74, 6) is 0.886. The van der Waals surface area contributed by atoms with Crippen molar-refractivity contribution in [1.29, 1.82) is 0 Å². The van der Waals surface area contributed by atoms with Crippen molar-refractivity contribution >= 4 is 16.7 Å². The van der Waals surface area contributed by atoms with Crippen LogP contribution in [-0.4, -0.2) is 31.3 Å². The predicted octanol–water partition coefficient (Wildman–Crippen LogP) is 1.36. The molecule has 0 radical (unpaired) electrons. The lowest BCUT2D eigenvalue weighted by Gasteiger charge is -2.28. The van der Waals surface area contributed by atoms with Gasteiger partial charge in [-0.05, 0) is 12.1 Å². The molecule has 3 rings (SSSR count). The third-order valence-corrected chi connectivity index (χ3v) is 3.07. The van der Waals surface area contributed by atoms with Crippen molar-refractivity contribution in [2.24, 2.45) is 0 Å². The van der Waals surface area contributed by atoms with Crippen LogP contribution >= 0.6 is 0 Å². The molecular weight excluding hydrogens is 216 g/mol. The van der Waals surface area contributed by atoms with Crippen molar-refractivity contribution in [3.63, 3.8) is 0 Å². The van der Waals surface area contributed by atoms with Crippen LogP contribution in [0.1, 0.15) is 0 Å². The normalized spacial score (nSPS) is 16.4. The summed E-state index contributed by atoms with van der Waals surface area (Å²) in [4.78, 5) is 17.4. The Hall–Kier alpha value is -1.81. The standard InChI is InChI=1S/C13H14N2O2/c16-12-9-13(15-5-7-17-8-6-15)14-11-4-2-1-3-10(11)12/h1-4,9H,5-8H2,(H,14,16). The molecule has 2 heterocycles. The predicted molar refractivity (Wildman–Crippen MR) is 67.6 cm³/mol. The first-order valence-electron chi connectivity index (χ1n) is 5.79. The van der Waals surface area contributed by atoms with Crippen LogP contribution in [-0.2, 0) is 4.74 Å². The van der Waals surface area contributed by atoms with Crippen molar-refractivity contribution in [2.45, 2.75) is 0 Å². The van der Waals surface area contributed by atoms with Crippen molar-refractivity contribution < 1.29 is 4.74 Å². The molecule has 1 N–H and O–H groups in total. The molecular formula is C13H14N2O2. The van der Waals surface area contributed by atoms with Gasteiger partial charge in [-0.25, -0.2) is 0 Å². The molecule has 0 amide bonds. The molecule has 1 aliphatic heterocycles. The van der Waals surface area contributed by atoms with Gasteiger partial charge in [-0.1, -0.05) is 12.1 Å². The zero-order chi connectivity index (χ0) is 11.7. The maximum atomic E-state index is 12.0. The second kappa shape index (κ2) is 4.22. The molecule has 1 aliphatic rings. The quantitative estimate of drug-likeness (QED) is 0.804. The Morgan fingerprint density at radius 1 is 1.18 bits per heavy atom. The van der Waals surface area contributed by atoms with E-state index >= 15 is 0 Å². The Bertz CT molecular complexity index is 585. The Balaban J connectivity index is 2.08. The summed E-state index contributed by atoms with van der Waals surface area (Å²) in [6.45, 7) is 3.09. The lowest BCUT2D eigenvalue weighted by atomic mass is 10.2. The lowest BCUT2D eigenvalue weighted by Crippen LogP contribution is -2.37. The van der Waals surface area contributed by atoms with E-state index in [-0.39, 0.29) is 5.43 Å². The average Bonchev–Trinajstić information content (AvgIpc) is 2.40. The van der Waals surface area contributed by atoms with Crippen molar-refractivity contribution in [1.82, 2.24) is 4.98 Å². The molecule has 4 heteroatoms. The Morgan fingerprint density at radius 2 is 1.94 bits per heavy atom. The molecule has 1 aromatic carbocycles. The number of para-hydroxylation sites is 1. The van der Waals surface area contributed by atoms with Crippen molar-refractivity contribution in [2.75, 3.05) is 31.2 Å². The summed E-state index contributed by atoms with van der Waals surface area (Å²) < 4.78 is 5.31. The highest BCUT2D eigenvalue weighted by molar-refractivity contribution is 5.80. The second-order valence-corrected chi connectivity index (χ2v) is 4.16. The van der Waals surface area contributed by atoms with Crippen LogP contribution in [0.4, 0.5) is 5.82 Å². The molecule has 0 aliphatic carbocycles. The number of pyridine rings is 1. The summed E-state index contributed by atoms with van der Waals surface area (Å²) >= 11 is 0. The zero-order valence-corrected chi connectivity index (χ0v) is 9.48. The number of ether oxygens (including phenoxy) is 1. The van der Waals surface area contributed by atoms with Crippen LogP contribution in [0.15, 0.2) is 35.1 Å².